The summed E-state index contributed by atoms with van der Waals surface area (Å²) in [6.45, 7) is 3.85. The fourth-order valence-electron chi connectivity index (χ4n) is 1.50. The molecule has 0 aliphatic rings. The van der Waals surface area contributed by atoms with E-state index in [0.717, 1.165) is 12.0 Å². The lowest BCUT2D eigenvalue weighted by atomic mass is 10.0. The van der Waals surface area contributed by atoms with Gasteiger partial charge in [-0.15, -0.1) is 11.6 Å². The van der Waals surface area contributed by atoms with Crippen LogP contribution in [0.15, 0.2) is 24.3 Å². The lowest BCUT2D eigenvalue weighted by Crippen LogP contribution is -2.33. The predicted molar refractivity (Wildman–Crippen MR) is 72.5 cm³/mol. The third-order valence-electron chi connectivity index (χ3n) is 2.68. The average molecular weight is 274 g/mol. The number of carbonyl (C=O) groups excluding carboxylic acids is 1. The van der Waals surface area contributed by atoms with Crippen molar-refractivity contribution in [2.45, 2.75) is 26.3 Å². The van der Waals surface area contributed by atoms with Gasteiger partial charge < -0.3 is 5.32 Å². The van der Waals surface area contributed by atoms with Crippen molar-refractivity contribution in [3.63, 3.8) is 0 Å². The van der Waals surface area contributed by atoms with Crippen molar-refractivity contribution in [3.8, 4) is 0 Å². The van der Waals surface area contributed by atoms with Gasteiger partial charge in [-0.1, -0.05) is 37.6 Å². The Morgan fingerprint density at radius 1 is 1.35 bits per heavy atom. The smallest absolute Gasteiger partial charge is 0.224 e. The van der Waals surface area contributed by atoms with Crippen LogP contribution in [-0.2, 0) is 4.79 Å². The van der Waals surface area contributed by atoms with Gasteiger partial charge in [-0.3, -0.25) is 4.79 Å². The molecular weight excluding hydrogens is 257 g/mol. The van der Waals surface area contributed by atoms with Gasteiger partial charge in [0.15, 0.2) is 0 Å². The maximum absolute atomic E-state index is 11.8. The third-order valence-corrected chi connectivity index (χ3v) is 3.39. The zero-order valence-electron chi connectivity index (χ0n) is 10.0. The third kappa shape index (κ3) is 4.21. The fourth-order valence-corrected chi connectivity index (χ4v) is 1.77. The van der Waals surface area contributed by atoms with Gasteiger partial charge in [0, 0.05) is 16.8 Å². The summed E-state index contributed by atoms with van der Waals surface area (Å²) >= 11 is 11.5. The Morgan fingerprint density at radius 2 is 1.94 bits per heavy atom. The van der Waals surface area contributed by atoms with Gasteiger partial charge in [0.1, 0.15) is 0 Å². The highest BCUT2D eigenvalue weighted by molar-refractivity contribution is 6.30. The van der Waals surface area contributed by atoms with Crippen LogP contribution in [0.25, 0.3) is 0 Å². The van der Waals surface area contributed by atoms with Crippen molar-refractivity contribution in [3.05, 3.63) is 34.9 Å². The summed E-state index contributed by atoms with van der Waals surface area (Å²) < 4.78 is 0. The lowest BCUT2D eigenvalue weighted by Gasteiger charge is -2.19. The Morgan fingerprint density at radius 3 is 2.41 bits per heavy atom. The SMILES string of the molecule is CCC(NC(=O)C(C)CCl)c1ccc(Cl)cc1. The summed E-state index contributed by atoms with van der Waals surface area (Å²) in [5.74, 6) is 0.155. The molecule has 1 amide bonds. The van der Waals surface area contributed by atoms with Crippen LogP contribution in [0.2, 0.25) is 5.02 Å². The van der Waals surface area contributed by atoms with E-state index in [2.05, 4.69) is 5.32 Å². The summed E-state index contributed by atoms with van der Waals surface area (Å²) in [7, 11) is 0. The van der Waals surface area contributed by atoms with Gasteiger partial charge in [-0.05, 0) is 24.1 Å². The molecule has 0 bridgehead atoms. The largest absolute Gasteiger partial charge is 0.349 e. The molecule has 0 heterocycles. The second-order valence-electron chi connectivity index (χ2n) is 4.08. The number of alkyl halides is 1. The normalized spacial score (nSPS) is 14.1. The number of halogens is 2. The van der Waals surface area contributed by atoms with E-state index < -0.39 is 0 Å². The van der Waals surface area contributed by atoms with E-state index in [4.69, 9.17) is 23.2 Å². The molecule has 2 unspecified atom stereocenters. The van der Waals surface area contributed by atoms with Crippen molar-refractivity contribution >= 4 is 29.1 Å². The average Bonchev–Trinajstić information content (AvgIpc) is 2.35. The highest BCUT2D eigenvalue weighted by Gasteiger charge is 2.16. The topological polar surface area (TPSA) is 29.1 Å². The molecule has 2 nitrogen and oxygen atoms in total. The monoisotopic (exact) mass is 273 g/mol. The summed E-state index contributed by atoms with van der Waals surface area (Å²) in [6, 6.07) is 7.54. The maximum Gasteiger partial charge on any atom is 0.224 e. The summed E-state index contributed by atoms with van der Waals surface area (Å²) in [4.78, 5) is 11.8. The molecule has 0 radical (unpaired) electrons. The van der Waals surface area contributed by atoms with Crippen LogP contribution in [0.3, 0.4) is 0 Å². The van der Waals surface area contributed by atoms with Crippen molar-refractivity contribution < 1.29 is 4.79 Å². The van der Waals surface area contributed by atoms with Gasteiger partial charge in [0.2, 0.25) is 5.91 Å². The number of amides is 1. The Labute approximate surface area is 112 Å². The molecule has 0 aliphatic heterocycles. The number of hydrogen-bond acceptors (Lipinski definition) is 1. The van der Waals surface area contributed by atoms with E-state index in [1.165, 1.54) is 0 Å². The highest BCUT2D eigenvalue weighted by atomic mass is 35.5. The first kappa shape index (κ1) is 14.3. The molecule has 1 N–H and O–H groups in total. The molecule has 0 spiro atoms. The van der Waals surface area contributed by atoms with Gasteiger partial charge in [0.05, 0.1) is 6.04 Å². The molecule has 2 atom stereocenters. The van der Waals surface area contributed by atoms with Gasteiger partial charge in [0.25, 0.3) is 0 Å². The summed E-state index contributed by atoms with van der Waals surface area (Å²) in [6.07, 6.45) is 0.836. The first-order valence-corrected chi connectivity index (χ1v) is 6.61. The molecule has 4 heteroatoms. The van der Waals surface area contributed by atoms with E-state index in [0.29, 0.717) is 10.9 Å². The van der Waals surface area contributed by atoms with Crippen LogP contribution in [0.4, 0.5) is 0 Å². The van der Waals surface area contributed by atoms with Crippen LogP contribution in [0.5, 0.6) is 0 Å². The number of benzene rings is 1. The number of carbonyl (C=O) groups is 1. The zero-order chi connectivity index (χ0) is 12.8. The predicted octanol–water partition coefficient (Wildman–Crippen LogP) is 3.78. The van der Waals surface area contributed by atoms with E-state index in [1.807, 2.05) is 38.1 Å². The maximum atomic E-state index is 11.8. The zero-order valence-corrected chi connectivity index (χ0v) is 11.6. The Balaban J connectivity index is 2.72. The molecule has 0 aliphatic carbocycles. The van der Waals surface area contributed by atoms with Crippen LogP contribution in [0.1, 0.15) is 31.9 Å². The van der Waals surface area contributed by atoms with Gasteiger partial charge in [-0.25, -0.2) is 0 Å². The van der Waals surface area contributed by atoms with Gasteiger partial charge in [-0.2, -0.15) is 0 Å². The van der Waals surface area contributed by atoms with Crippen molar-refractivity contribution in [1.82, 2.24) is 5.32 Å². The Kier molecular flexibility index (Phi) is 5.79. The molecule has 1 aromatic carbocycles. The van der Waals surface area contributed by atoms with Crippen molar-refractivity contribution in [2.24, 2.45) is 5.92 Å². The molecule has 94 valence electrons. The number of rotatable bonds is 5. The van der Waals surface area contributed by atoms with Crippen LogP contribution in [0, 0.1) is 5.92 Å². The van der Waals surface area contributed by atoms with E-state index in [1.54, 1.807) is 0 Å². The Bertz CT molecular complexity index is 364. The lowest BCUT2D eigenvalue weighted by molar-refractivity contribution is -0.124. The minimum atomic E-state index is -0.169. The molecule has 0 fully saturated rings. The standard InChI is InChI=1S/C13H17Cl2NO/c1-3-12(16-13(17)9(2)8-14)10-4-6-11(15)7-5-10/h4-7,9,12H,3,8H2,1-2H3,(H,16,17). The summed E-state index contributed by atoms with van der Waals surface area (Å²) in [5, 5.41) is 3.68. The van der Waals surface area contributed by atoms with Crippen molar-refractivity contribution in [1.29, 1.82) is 0 Å². The second kappa shape index (κ2) is 6.87. The molecule has 0 saturated heterocycles. The van der Waals surface area contributed by atoms with E-state index in [-0.39, 0.29) is 17.9 Å². The van der Waals surface area contributed by atoms with Crippen LogP contribution < -0.4 is 5.32 Å². The van der Waals surface area contributed by atoms with E-state index >= 15 is 0 Å². The summed E-state index contributed by atoms with van der Waals surface area (Å²) in [5.41, 5.74) is 1.06. The first-order chi connectivity index (χ1) is 8.08. The molecule has 1 rings (SSSR count). The first-order valence-electron chi connectivity index (χ1n) is 5.70. The molecule has 17 heavy (non-hydrogen) atoms. The number of hydrogen-bond donors (Lipinski definition) is 1. The minimum absolute atomic E-state index is 0.0122. The van der Waals surface area contributed by atoms with Gasteiger partial charge >= 0.3 is 0 Å². The molecule has 1 aromatic rings. The van der Waals surface area contributed by atoms with E-state index in [9.17, 15) is 4.79 Å². The fraction of sp³-hybridized carbons (Fsp3) is 0.462. The molecular formula is C13H17Cl2NO. The second-order valence-corrected chi connectivity index (χ2v) is 4.82. The highest BCUT2D eigenvalue weighted by Crippen LogP contribution is 2.19. The van der Waals surface area contributed by atoms with Crippen LogP contribution >= 0.6 is 23.2 Å². The quantitative estimate of drug-likeness (QED) is 0.813. The number of nitrogens with one attached hydrogen (secondary N) is 1. The van der Waals surface area contributed by atoms with Crippen LogP contribution in [-0.4, -0.2) is 11.8 Å². The Hall–Kier alpha value is -0.730. The molecule has 0 saturated carbocycles. The minimum Gasteiger partial charge on any atom is -0.349 e. The molecule has 0 aromatic heterocycles. The van der Waals surface area contributed by atoms with Crippen molar-refractivity contribution in [2.75, 3.05) is 5.88 Å².